The van der Waals surface area contributed by atoms with E-state index in [1.807, 2.05) is 0 Å². The molecule has 2 heterocycles. The molecule has 5 nitrogen and oxygen atoms in total. The van der Waals surface area contributed by atoms with Crippen molar-refractivity contribution in [1.82, 2.24) is 15.5 Å². The average Bonchev–Trinajstić information content (AvgIpc) is 3.16. The summed E-state index contributed by atoms with van der Waals surface area (Å²) in [5.41, 5.74) is 0.621. The summed E-state index contributed by atoms with van der Waals surface area (Å²) in [4.78, 5) is 26.5. The van der Waals surface area contributed by atoms with Crippen LogP contribution in [-0.4, -0.2) is 48.9 Å². The second-order valence-electron chi connectivity index (χ2n) is 7.09. The summed E-state index contributed by atoms with van der Waals surface area (Å²) in [5, 5.41) is 6.19. The summed E-state index contributed by atoms with van der Waals surface area (Å²) in [6, 6.07) is 4.84. The molecule has 3 rings (SSSR count). The SMILES string of the molecule is Cc1cccc(C(=O)N2CCC[C@H](CNC(=O)[C@H]3CCCN3)C2)c1F. The second-order valence-corrected chi connectivity index (χ2v) is 7.09. The van der Waals surface area contributed by atoms with Gasteiger partial charge in [-0.1, -0.05) is 12.1 Å². The molecule has 2 fully saturated rings. The molecule has 2 aliphatic rings. The highest BCUT2D eigenvalue weighted by molar-refractivity contribution is 5.94. The monoisotopic (exact) mass is 347 g/mol. The van der Waals surface area contributed by atoms with Crippen LogP contribution < -0.4 is 10.6 Å². The topological polar surface area (TPSA) is 61.4 Å². The van der Waals surface area contributed by atoms with Gasteiger partial charge in [0.1, 0.15) is 5.82 Å². The minimum Gasteiger partial charge on any atom is -0.354 e. The van der Waals surface area contributed by atoms with Gasteiger partial charge in [-0.05, 0) is 56.7 Å². The molecule has 0 bridgehead atoms. The first-order valence-electron chi connectivity index (χ1n) is 9.11. The van der Waals surface area contributed by atoms with Crippen LogP contribution in [-0.2, 0) is 4.79 Å². The van der Waals surface area contributed by atoms with E-state index in [1.54, 1.807) is 30.0 Å². The summed E-state index contributed by atoms with van der Waals surface area (Å²) in [5.74, 6) is -0.425. The second kappa shape index (κ2) is 7.95. The first kappa shape index (κ1) is 17.9. The molecular formula is C19H26FN3O2. The third kappa shape index (κ3) is 4.18. The van der Waals surface area contributed by atoms with E-state index in [4.69, 9.17) is 0 Å². The summed E-state index contributed by atoms with van der Waals surface area (Å²) in [6.07, 6.45) is 3.76. The third-order valence-corrected chi connectivity index (χ3v) is 5.17. The van der Waals surface area contributed by atoms with Crippen LogP contribution in [0.3, 0.4) is 0 Å². The minimum absolute atomic E-state index is 0.0469. The molecular weight excluding hydrogens is 321 g/mol. The molecule has 0 aromatic heterocycles. The van der Waals surface area contributed by atoms with Crippen molar-refractivity contribution >= 4 is 11.8 Å². The van der Waals surface area contributed by atoms with Gasteiger partial charge < -0.3 is 15.5 Å². The number of likely N-dealkylation sites (tertiary alicyclic amines) is 1. The highest BCUT2D eigenvalue weighted by Gasteiger charge is 2.28. The normalized spacial score (nSPS) is 23.5. The molecule has 136 valence electrons. The fourth-order valence-electron chi connectivity index (χ4n) is 3.68. The van der Waals surface area contributed by atoms with Crippen LogP contribution in [0.5, 0.6) is 0 Å². The molecule has 0 unspecified atom stereocenters. The number of piperidine rings is 1. The van der Waals surface area contributed by atoms with Gasteiger partial charge in [0.2, 0.25) is 5.91 Å². The fourth-order valence-corrected chi connectivity index (χ4v) is 3.68. The van der Waals surface area contributed by atoms with Crippen molar-refractivity contribution in [2.24, 2.45) is 5.92 Å². The minimum atomic E-state index is -0.435. The van der Waals surface area contributed by atoms with Crippen LogP contribution in [0, 0.1) is 18.7 Å². The Balaban J connectivity index is 1.56. The molecule has 2 aliphatic heterocycles. The van der Waals surface area contributed by atoms with Crippen LogP contribution in [0.15, 0.2) is 18.2 Å². The Morgan fingerprint density at radius 1 is 1.32 bits per heavy atom. The molecule has 0 spiro atoms. The fraction of sp³-hybridized carbons (Fsp3) is 0.579. The van der Waals surface area contributed by atoms with Gasteiger partial charge in [-0.2, -0.15) is 0 Å². The van der Waals surface area contributed by atoms with Crippen LogP contribution >= 0.6 is 0 Å². The molecule has 6 heteroatoms. The lowest BCUT2D eigenvalue weighted by Gasteiger charge is -2.33. The number of hydrogen-bond acceptors (Lipinski definition) is 3. The standard InChI is InChI=1S/C19H26FN3O2/c1-13-5-2-7-15(17(13)20)19(25)23-10-4-6-14(12-23)11-22-18(24)16-8-3-9-21-16/h2,5,7,14,16,21H,3-4,6,8-12H2,1H3,(H,22,24)/t14-,16-/m1/s1. The molecule has 0 saturated carbocycles. The Labute approximate surface area is 148 Å². The number of nitrogens with one attached hydrogen (secondary N) is 2. The Hall–Kier alpha value is -1.95. The average molecular weight is 347 g/mol. The van der Waals surface area contributed by atoms with Gasteiger partial charge in [0, 0.05) is 19.6 Å². The van der Waals surface area contributed by atoms with E-state index < -0.39 is 5.82 Å². The van der Waals surface area contributed by atoms with E-state index in [1.165, 1.54) is 0 Å². The van der Waals surface area contributed by atoms with Gasteiger partial charge >= 0.3 is 0 Å². The number of benzene rings is 1. The molecule has 2 saturated heterocycles. The molecule has 1 aromatic carbocycles. The molecule has 0 aliphatic carbocycles. The molecule has 1 aromatic rings. The molecule has 2 atom stereocenters. The number of amides is 2. The quantitative estimate of drug-likeness (QED) is 0.874. The highest BCUT2D eigenvalue weighted by Crippen LogP contribution is 2.20. The van der Waals surface area contributed by atoms with Gasteiger partial charge in [0.05, 0.1) is 11.6 Å². The largest absolute Gasteiger partial charge is 0.354 e. The van der Waals surface area contributed by atoms with Gasteiger partial charge in [-0.15, -0.1) is 0 Å². The van der Waals surface area contributed by atoms with Crippen molar-refractivity contribution in [2.45, 2.75) is 38.6 Å². The van der Waals surface area contributed by atoms with Crippen molar-refractivity contribution < 1.29 is 14.0 Å². The first-order valence-corrected chi connectivity index (χ1v) is 9.11. The zero-order valence-corrected chi connectivity index (χ0v) is 14.7. The third-order valence-electron chi connectivity index (χ3n) is 5.17. The smallest absolute Gasteiger partial charge is 0.256 e. The zero-order chi connectivity index (χ0) is 17.8. The number of aryl methyl sites for hydroxylation is 1. The molecule has 0 radical (unpaired) electrons. The Morgan fingerprint density at radius 2 is 2.16 bits per heavy atom. The van der Waals surface area contributed by atoms with E-state index in [2.05, 4.69) is 10.6 Å². The molecule has 25 heavy (non-hydrogen) atoms. The van der Waals surface area contributed by atoms with Gasteiger partial charge in [-0.3, -0.25) is 9.59 Å². The summed E-state index contributed by atoms with van der Waals surface area (Å²) in [7, 11) is 0. The van der Waals surface area contributed by atoms with Crippen molar-refractivity contribution in [1.29, 1.82) is 0 Å². The summed E-state index contributed by atoms with van der Waals surface area (Å²) >= 11 is 0. The predicted octanol–water partition coefficient (Wildman–Crippen LogP) is 1.85. The lowest BCUT2D eigenvalue weighted by molar-refractivity contribution is -0.123. The maximum Gasteiger partial charge on any atom is 0.256 e. The van der Waals surface area contributed by atoms with E-state index in [9.17, 15) is 14.0 Å². The number of nitrogens with zero attached hydrogens (tertiary/aromatic N) is 1. The van der Waals surface area contributed by atoms with E-state index in [-0.39, 0.29) is 29.3 Å². The molecule has 2 N–H and O–H groups in total. The number of halogens is 1. The van der Waals surface area contributed by atoms with Gasteiger partial charge in [-0.25, -0.2) is 4.39 Å². The van der Waals surface area contributed by atoms with E-state index >= 15 is 0 Å². The number of rotatable bonds is 4. The van der Waals surface area contributed by atoms with Crippen molar-refractivity contribution in [3.05, 3.63) is 35.1 Å². The van der Waals surface area contributed by atoms with Crippen LogP contribution in [0.1, 0.15) is 41.6 Å². The van der Waals surface area contributed by atoms with Crippen LogP contribution in [0.2, 0.25) is 0 Å². The van der Waals surface area contributed by atoms with E-state index in [0.717, 1.165) is 32.2 Å². The Kier molecular flexibility index (Phi) is 5.68. The van der Waals surface area contributed by atoms with Crippen LogP contribution in [0.25, 0.3) is 0 Å². The number of carbonyl (C=O) groups excluding carboxylic acids is 2. The number of carbonyl (C=O) groups is 2. The predicted molar refractivity (Wildman–Crippen MR) is 93.8 cm³/mol. The van der Waals surface area contributed by atoms with Gasteiger partial charge in [0.15, 0.2) is 0 Å². The maximum absolute atomic E-state index is 14.2. The Bertz CT molecular complexity index is 644. The summed E-state index contributed by atoms with van der Waals surface area (Å²) in [6.45, 7) is 4.33. The summed E-state index contributed by atoms with van der Waals surface area (Å²) < 4.78 is 14.2. The molecule has 2 amide bonds. The van der Waals surface area contributed by atoms with E-state index in [0.29, 0.717) is 25.2 Å². The first-order chi connectivity index (χ1) is 12.1. The van der Waals surface area contributed by atoms with Gasteiger partial charge in [0.25, 0.3) is 5.91 Å². The highest BCUT2D eigenvalue weighted by atomic mass is 19.1. The lowest BCUT2D eigenvalue weighted by atomic mass is 9.97. The zero-order valence-electron chi connectivity index (χ0n) is 14.7. The van der Waals surface area contributed by atoms with Crippen LogP contribution in [0.4, 0.5) is 4.39 Å². The lowest BCUT2D eigenvalue weighted by Crippen LogP contribution is -2.46. The maximum atomic E-state index is 14.2. The van der Waals surface area contributed by atoms with Crippen molar-refractivity contribution in [3.63, 3.8) is 0 Å². The Morgan fingerprint density at radius 3 is 2.92 bits per heavy atom. The van der Waals surface area contributed by atoms with Crippen molar-refractivity contribution in [3.8, 4) is 0 Å². The van der Waals surface area contributed by atoms with Crippen molar-refractivity contribution in [2.75, 3.05) is 26.2 Å². The number of hydrogen-bond donors (Lipinski definition) is 2.